The zero-order chi connectivity index (χ0) is 13.8. The van der Waals surface area contributed by atoms with Crippen LogP contribution in [0.15, 0.2) is 12.7 Å². The molecule has 4 nitrogen and oxygen atoms in total. The highest BCUT2D eigenvalue weighted by Crippen LogP contribution is 2.43. The lowest BCUT2D eigenvalue weighted by atomic mass is 9.66. The van der Waals surface area contributed by atoms with Crippen molar-refractivity contribution in [1.29, 1.82) is 0 Å². The van der Waals surface area contributed by atoms with Gasteiger partial charge < -0.3 is 10.1 Å². The van der Waals surface area contributed by atoms with E-state index in [4.69, 9.17) is 4.74 Å². The molecule has 1 amide bonds. The van der Waals surface area contributed by atoms with Crippen LogP contribution in [0.1, 0.15) is 46.5 Å². The number of hydrogen-bond acceptors (Lipinski definition) is 3. The van der Waals surface area contributed by atoms with Gasteiger partial charge in [-0.2, -0.15) is 0 Å². The van der Waals surface area contributed by atoms with E-state index in [-0.39, 0.29) is 11.2 Å². The fourth-order valence-electron chi connectivity index (χ4n) is 2.11. The Morgan fingerprint density at radius 2 is 2.00 bits per heavy atom. The molecule has 0 bridgehead atoms. The normalized spacial score (nSPS) is 17.5. The summed E-state index contributed by atoms with van der Waals surface area (Å²) in [7, 11) is 0. The van der Waals surface area contributed by atoms with E-state index in [9.17, 15) is 9.59 Å². The van der Waals surface area contributed by atoms with Crippen molar-refractivity contribution in [3.63, 3.8) is 0 Å². The number of amides is 1. The van der Waals surface area contributed by atoms with E-state index in [2.05, 4.69) is 11.9 Å². The standard InChI is InChI=1S/C14H23NO3/c1-5-11(16)9-14(7-6-8-14)10-15-12(17)18-13(2,3)4/h5H,1,6-10H2,2-4H3,(H,15,17). The quantitative estimate of drug-likeness (QED) is 0.766. The van der Waals surface area contributed by atoms with Gasteiger partial charge >= 0.3 is 6.09 Å². The van der Waals surface area contributed by atoms with E-state index in [0.29, 0.717) is 13.0 Å². The van der Waals surface area contributed by atoms with Crippen LogP contribution < -0.4 is 5.32 Å². The first kappa shape index (κ1) is 14.7. The molecule has 0 atom stereocenters. The van der Waals surface area contributed by atoms with Crippen molar-refractivity contribution in [1.82, 2.24) is 5.32 Å². The van der Waals surface area contributed by atoms with Crippen molar-refractivity contribution in [2.45, 2.75) is 52.1 Å². The molecule has 1 aliphatic carbocycles. The van der Waals surface area contributed by atoms with Gasteiger partial charge in [-0.3, -0.25) is 4.79 Å². The second kappa shape index (κ2) is 5.55. The molecule has 0 aromatic carbocycles. The number of hydrogen-bond donors (Lipinski definition) is 1. The average Bonchev–Trinajstić information content (AvgIpc) is 2.18. The number of nitrogens with one attached hydrogen (secondary N) is 1. The summed E-state index contributed by atoms with van der Waals surface area (Å²) in [6.45, 7) is 9.47. The summed E-state index contributed by atoms with van der Waals surface area (Å²) >= 11 is 0. The molecule has 0 unspecified atom stereocenters. The van der Waals surface area contributed by atoms with Gasteiger partial charge in [0.25, 0.3) is 0 Å². The summed E-state index contributed by atoms with van der Waals surface area (Å²) in [5, 5.41) is 2.76. The van der Waals surface area contributed by atoms with Crippen LogP contribution in [-0.2, 0) is 9.53 Å². The molecule has 1 rings (SSSR count). The highest BCUT2D eigenvalue weighted by molar-refractivity contribution is 5.89. The fourth-order valence-corrected chi connectivity index (χ4v) is 2.11. The summed E-state index contributed by atoms with van der Waals surface area (Å²) < 4.78 is 5.18. The van der Waals surface area contributed by atoms with E-state index in [0.717, 1.165) is 19.3 Å². The summed E-state index contributed by atoms with van der Waals surface area (Å²) in [6, 6.07) is 0. The van der Waals surface area contributed by atoms with Crippen molar-refractivity contribution < 1.29 is 14.3 Å². The van der Waals surface area contributed by atoms with Crippen LogP contribution in [0.4, 0.5) is 4.79 Å². The third-order valence-electron chi connectivity index (χ3n) is 3.20. The first-order valence-corrected chi connectivity index (χ1v) is 6.38. The van der Waals surface area contributed by atoms with Gasteiger partial charge in [0.05, 0.1) is 0 Å². The van der Waals surface area contributed by atoms with Gasteiger partial charge in [0.1, 0.15) is 5.60 Å². The smallest absolute Gasteiger partial charge is 0.407 e. The Labute approximate surface area is 109 Å². The number of carbonyl (C=O) groups excluding carboxylic acids is 2. The Kier molecular flexibility index (Phi) is 4.54. The van der Waals surface area contributed by atoms with Gasteiger partial charge in [0.2, 0.25) is 0 Å². The maximum absolute atomic E-state index is 11.6. The summed E-state index contributed by atoms with van der Waals surface area (Å²) in [6.07, 6.45) is 4.46. The molecule has 0 spiro atoms. The molecule has 1 aliphatic rings. The van der Waals surface area contributed by atoms with Crippen molar-refractivity contribution in [2.75, 3.05) is 6.54 Å². The number of ether oxygens (including phenoxy) is 1. The molecule has 18 heavy (non-hydrogen) atoms. The lowest BCUT2D eigenvalue weighted by Crippen LogP contribution is -2.44. The predicted molar refractivity (Wildman–Crippen MR) is 70.3 cm³/mol. The molecule has 0 aromatic heterocycles. The minimum atomic E-state index is -0.492. The Balaban J connectivity index is 2.42. The van der Waals surface area contributed by atoms with Crippen LogP contribution in [-0.4, -0.2) is 24.0 Å². The number of allylic oxidation sites excluding steroid dienone is 1. The maximum Gasteiger partial charge on any atom is 0.407 e. The summed E-state index contributed by atoms with van der Waals surface area (Å²) in [5.74, 6) is 0.0423. The third-order valence-corrected chi connectivity index (χ3v) is 3.20. The molecule has 1 fully saturated rings. The molecule has 0 saturated heterocycles. The van der Waals surface area contributed by atoms with Crippen LogP contribution >= 0.6 is 0 Å². The number of rotatable bonds is 5. The Bertz CT molecular complexity index is 337. The highest BCUT2D eigenvalue weighted by Gasteiger charge is 2.38. The maximum atomic E-state index is 11.6. The van der Waals surface area contributed by atoms with Crippen LogP contribution in [0.3, 0.4) is 0 Å². The zero-order valence-electron chi connectivity index (χ0n) is 11.5. The zero-order valence-corrected chi connectivity index (χ0v) is 11.5. The third kappa shape index (κ3) is 4.51. The highest BCUT2D eigenvalue weighted by atomic mass is 16.6. The minimum Gasteiger partial charge on any atom is -0.444 e. The molecule has 4 heteroatoms. The second-order valence-corrected chi connectivity index (χ2v) is 6.06. The van der Waals surface area contributed by atoms with Gasteiger partial charge in [-0.25, -0.2) is 4.79 Å². The number of carbonyl (C=O) groups is 2. The van der Waals surface area contributed by atoms with E-state index in [1.165, 1.54) is 6.08 Å². The monoisotopic (exact) mass is 253 g/mol. The second-order valence-electron chi connectivity index (χ2n) is 6.06. The minimum absolute atomic E-state index is 0.0423. The Morgan fingerprint density at radius 1 is 1.39 bits per heavy atom. The molecular formula is C14H23NO3. The molecule has 0 aromatic rings. The largest absolute Gasteiger partial charge is 0.444 e. The van der Waals surface area contributed by atoms with E-state index < -0.39 is 11.7 Å². The van der Waals surface area contributed by atoms with Crippen molar-refractivity contribution in [2.24, 2.45) is 5.41 Å². The first-order valence-electron chi connectivity index (χ1n) is 6.38. The van der Waals surface area contributed by atoms with Crippen LogP contribution in [0.5, 0.6) is 0 Å². The van der Waals surface area contributed by atoms with Crippen molar-refractivity contribution in [3.05, 3.63) is 12.7 Å². The van der Waals surface area contributed by atoms with Gasteiger partial charge in [-0.15, -0.1) is 0 Å². The molecule has 0 radical (unpaired) electrons. The average molecular weight is 253 g/mol. The molecule has 0 aliphatic heterocycles. The Hall–Kier alpha value is -1.32. The SMILES string of the molecule is C=CC(=O)CC1(CNC(=O)OC(C)(C)C)CCC1. The molecule has 102 valence electrons. The molecule has 0 heterocycles. The molecule has 1 N–H and O–H groups in total. The predicted octanol–water partition coefficient (Wildman–Crippen LogP) is 2.83. The number of ketones is 1. The van der Waals surface area contributed by atoms with Crippen LogP contribution in [0.25, 0.3) is 0 Å². The van der Waals surface area contributed by atoms with Crippen LogP contribution in [0, 0.1) is 5.41 Å². The van der Waals surface area contributed by atoms with Crippen molar-refractivity contribution >= 4 is 11.9 Å². The van der Waals surface area contributed by atoms with Gasteiger partial charge in [-0.1, -0.05) is 13.0 Å². The lowest BCUT2D eigenvalue weighted by Gasteiger charge is -2.41. The topological polar surface area (TPSA) is 55.4 Å². The first-order chi connectivity index (χ1) is 8.26. The lowest BCUT2D eigenvalue weighted by molar-refractivity contribution is -0.118. The summed E-state index contributed by atoms with van der Waals surface area (Å²) in [4.78, 5) is 23.0. The van der Waals surface area contributed by atoms with Gasteiger partial charge in [0, 0.05) is 13.0 Å². The van der Waals surface area contributed by atoms with E-state index >= 15 is 0 Å². The van der Waals surface area contributed by atoms with Gasteiger partial charge in [-0.05, 0) is 45.1 Å². The van der Waals surface area contributed by atoms with E-state index in [1.807, 2.05) is 20.8 Å². The number of alkyl carbamates (subject to hydrolysis) is 1. The van der Waals surface area contributed by atoms with Crippen molar-refractivity contribution in [3.8, 4) is 0 Å². The van der Waals surface area contributed by atoms with E-state index in [1.54, 1.807) is 0 Å². The molecule has 1 saturated carbocycles. The fraction of sp³-hybridized carbons (Fsp3) is 0.714. The summed E-state index contributed by atoms with van der Waals surface area (Å²) in [5.41, 5.74) is -0.573. The van der Waals surface area contributed by atoms with Gasteiger partial charge in [0.15, 0.2) is 5.78 Å². The molecular weight excluding hydrogens is 230 g/mol. The van der Waals surface area contributed by atoms with Crippen LogP contribution in [0.2, 0.25) is 0 Å². The Morgan fingerprint density at radius 3 is 2.39 bits per heavy atom.